The number of allylic oxidation sites excluding steroid dienone is 2. The minimum absolute atomic E-state index is 0.122. The number of nitrogens with zero attached hydrogens (tertiary/aromatic N) is 4. The Balaban J connectivity index is 2.72. The van der Waals surface area contributed by atoms with E-state index in [4.69, 9.17) is 10.5 Å². The number of rotatable bonds is 2. The van der Waals surface area contributed by atoms with Crippen LogP contribution >= 0.6 is 0 Å². The molecule has 1 aromatic rings. The Kier molecular flexibility index (Phi) is 3.29. The third kappa shape index (κ3) is 2.16. The lowest BCUT2D eigenvalue weighted by Gasteiger charge is -2.06. The number of hydrogen-bond acceptors (Lipinski definition) is 4. The van der Waals surface area contributed by atoms with E-state index >= 15 is 0 Å². The molecule has 4 heteroatoms. The maximum absolute atomic E-state index is 9.29. The molecule has 88 valence electrons. The fourth-order valence-electron chi connectivity index (χ4n) is 1.96. The van der Waals surface area contributed by atoms with Crippen LogP contribution in [0.1, 0.15) is 29.5 Å². The van der Waals surface area contributed by atoms with E-state index in [0.29, 0.717) is 11.1 Å². The molecule has 1 aliphatic carbocycles. The fraction of sp³-hybridized carbons (Fsp3) is 0.200. The summed E-state index contributed by atoms with van der Waals surface area (Å²) in [6.45, 7) is 0. The van der Waals surface area contributed by atoms with Crippen molar-refractivity contribution in [3.8, 4) is 24.3 Å². The van der Waals surface area contributed by atoms with Crippen molar-refractivity contribution < 1.29 is 0 Å². The van der Waals surface area contributed by atoms with Crippen molar-refractivity contribution in [1.29, 1.82) is 21.0 Å². The van der Waals surface area contributed by atoms with Gasteiger partial charge in [-0.1, -0.05) is 12.1 Å². The maximum atomic E-state index is 9.29. The molecule has 0 aliphatic heterocycles. The zero-order valence-corrected chi connectivity index (χ0v) is 10.0. The summed E-state index contributed by atoms with van der Waals surface area (Å²) in [5, 5.41) is 36.6. The molecule has 1 fully saturated rings. The molecule has 0 atom stereocenters. The first-order chi connectivity index (χ1) is 9.26. The van der Waals surface area contributed by atoms with Gasteiger partial charge < -0.3 is 0 Å². The highest BCUT2D eigenvalue weighted by molar-refractivity contribution is 5.85. The van der Waals surface area contributed by atoms with Gasteiger partial charge in [-0.3, -0.25) is 0 Å². The fourth-order valence-corrected chi connectivity index (χ4v) is 1.96. The third-order valence-electron chi connectivity index (χ3n) is 3.05. The second-order valence-corrected chi connectivity index (χ2v) is 4.24. The largest absolute Gasteiger partial charge is 0.193 e. The molecule has 0 heterocycles. The summed E-state index contributed by atoms with van der Waals surface area (Å²) in [5.74, 6) is 0.122. The van der Waals surface area contributed by atoms with Crippen LogP contribution in [0.15, 0.2) is 23.8 Å². The van der Waals surface area contributed by atoms with Crippen LogP contribution in [0.4, 0.5) is 0 Å². The lowest BCUT2D eigenvalue weighted by molar-refractivity contribution is 1.06. The molecule has 19 heavy (non-hydrogen) atoms. The van der Waals surface area contributed by atoms with E-state index in [0.717, 1.165) is 12.8 Å². The van der Waals surface area contributed by atoms with E-state index < -0.39 is 0 Å². The molecule has 0 saturated heterocycles. The highest BCUT2D eigenvalue weighted by Gasteiger charge is 2.30. The van der Waals surface area contributed by atoms with Crippen LogP contribution in [0.2, 0.25) is 0 Å². The first kappa shape index (κ1) is 12.4. The Morgan fingerprint density at radius 2 is 1.74 bits per heavy atom. The molecular weight excluding hydrogens is 236 g/mol. The van der Waals surface area contributed by atoms with Crippen LogP contribution in [0.25, 0.3) is 5.57 Å². The van der Waals surface area contributed by atoms with Crippen LogP contribution in [0, 0.1) is 51.2 Å². The van der Waals surface area contributed by atoms with E-state index in [2.05, 4.69) is 6.07 Å². The Hall–Kier alpha value is -3.08. The van der Waals surface area contributed by atoms with E-state index in [-0.39, 0.29) is 22.6 Å². The monoisotopic (exact) mass is 244 g/mol. The molecule has 0 aromatic heterocycles. The van der Waals surface area contributed by atoms with Crippen molar-refractivity contribution in [3.05, 3.63) is 40.5 Å². The van der Waals surface area contributed by atoms with Crippen LogP contribution in [0.3, 0.4) is 0 Å². The van der Waals surface area contributed by atoms with Gasteiger partial charge in [0.15, 0.2) is 0 Å². The van der Waals surface area contributed by atoms with E-state index in [1.54, 1.807) is 12.1 Å². The lowest BCUT2D eigenvalue weighted by atomic mass is 9.92. The van der Waals surface area contributed by atoms with Crippen molar-refractivity contribution in [3.63, 3.8) is 0 Å². The van der Waals surface area contributed by atoms with Gasteiger partial charge in [0.1, 0.15) is 18.2 Å². The summed E-state index contributed by atoms with van der Waals surface area (Å²) in [6.07, 6.45) is 1.79. The van der Waals surface area contributed by atoms with E-state index in [1.165, 1.54) is 6.07 Å². The number of nitriles is 4. The molecule has 4 nitrogen and oxygen atoms in total. The van der Waals surface area contributed by atoms with Gasteiger partial charge in [0.2, 0.25) is 0 Å². The third-order valence-corrected chi connectivity index (χ3v) is 3.05. The molecule has 1 saturated carbocycles. The van der Waals surface area contributed by atoms with Crippen molar-refractivity contribution in [2.24, 2.45) is 5.92 Å². The highest BCUT2D eigenvalue weighted by atomic mass is 14.4. The molecule has 0 N–H and O–H groups in total. The average Bonchev–Trinajstić information content (AvgIpc) is 3.28. The van der Waals surface area contributed by atoms with Crippen molar-refractivity contribution in [1.82, 2.24) is 0 Å². The predicted octanol–water partition coefficient (Wildman–Crippen LogP) is 2.64. The lowest BCUT2D eigenvalue weighted by Crippen LogP contribution is -1.96. The summed E-state index contributed by atoms with van der Waals surface area (Å²) in [7, 11) is 0. The molecule has 1 aliphatic rings. The Morgan fingerprint density at radius 3 is 2.21 bits per heavy atom. The minimum atomic E-state index is 0.122. The Morgan fingerprint density at radius 1 is 1.00 bits per heavy atom. The molecule has 0 bridgehead atoms. The maximum Gasteiger partial charge on any atom is 0.101 e. The standard InChI is InChI=1S/C15H8N4/c16-6-11-2-1-3-12(14(11)8-18)15(9-19)13(7-17)10-4-5-10/h1-3,10H,4-5H2. The van der Waals surface area contributed by atoms with Crippen LogP contribution in [-0.4, -0.2) is 0 Å². The molecule has 1 aromatic carbocycles. The second kappa shape index (κ2) is 5.05. The Bertz CT molecular complexity index is 725. The smallest absolute Gasteiger partial charge is 0.101 e. The average molecular weight is 244 g/mol. The van der Waals surface area contributed by atoms with Crippen molar-refractivity contribution >= 4 is 5.57 Å². The molecule has 0 unspecified atom stereocenters. The van der Waals surface area contributed by atoms with Gasteiger partial charge in [-0.15, -0.1) is 0 Å². The summed E-state index contributed by atoms with van der Waals surface area (Å²) in [5.41, 5.74) is 1.41. The van der Waals surface area contributed by atoms with E-state index in [9.17, 15) is 10.5 Å². The molecule has 2 rings (SSSR count). The summed E-state index contributed by atoms with van der Waals surface area (Å²) < 4.78 is 0. The zero-order valence-electron chi connectivity index (χ0n) is 10.0. The van der Waals surface area contributed by atoms with Gasteiger partial charge in [-0.25, -0.2) is 0 Å². The van der Waals surface area contributed by atoms with Gasteiger partial charge in [0, 0.05) is 5.56 Å². The Labute approximate surface area is 111 Å². The SMILES string of the molecule is N#CC(=C(C#N)C1CC1)c1cccc(C#N)c1C#N. The second-order valence-electron chi connectivity index (χ2n) is 4.24. The number of benzene rings is 1. The van der Waals surface area contributed by atoms with Gasteiger partial charge >= 0.3 is 0 Å². The van der Waals surface area contributed by atoms with Gasteiger partial charge in [0.05, 0.1) is 28.3 Å². The van der Waals surface area contributed by atoms with Crippen LogP contribution < -0.4 is 0 Å². The predicted molar refractivity (Wildman–Crippen MR) is 66.7 cm³/mol. The van der Waals surface area contributed by atoms with Gasteiger partial charge in [0.25, 0.3) is 0 Å². The summed E-state index contributed by atoms with van der Waals surface area (Å²) >= 11 is 0. The first-order valence-corrected chi connectivity index (χ1v) is 5.74. The quantitative estimate of drug-likeness (QED) is 0.747. The van der Waals surface area contributed by atoms with Crippen molar-refractivity contribution in [2.45, 2.75) is 12.8 Å². The van der Waals surface area contributed by atoms with Crippen LogP contribution in [0.5, 0.6) is 0 Å². The van der Waals surface area contributed by atoms with Gasteiger partial charge in [-0.2, -0.15) is 21.0 Å². The van der Waals surface area contributed by atoms with E-state index in [1.807, 2.05) is 18.2 Å². The normalized spacial score (nSPS) is 14.3. The minimum Gasteiger partial charge on any atom is -0.193 e. The molecule has 0 spiro atoms. The molecule has 0 radical (unpaired) electrons. The summed E-state index contributed by atoms with van der Waals surface area (Å²) in [6, 6.07) is 12.7. The topological polar surface area (TPSA) is 95.2 Å². The van der Waals surface area contributed by atoms with Gasteiger partial charge in [-0.05, 0) is 24.8 Å². The summed E-state index contributed by atoms with van der Waals surface area (Å²) in [4.78, 5) is 0. The highest BCUT2D eigenvalue weighted by Crippen LogP contribution is 2.40. The van der Waals surface area contributed by atoms with Crippen LogP contribution in [-0.2, 0) is 0 Å². The zero-order chi connectivity index (χ0) is 13.8. The molecular formula is C15H8N4. The first-order valence-electron chi connectivity index (χ1n) is 5.74. The van der Waals surface area contributed by atoms with Crippen molar-refractivity contribution in [2.75, 3.05) is 0 Å². The molecule has 0 amide bonds. The number of hydrogen-bond donors (Lipinski definition) is 0.